The van der Waals surface area contributed by atoms with E-state index in [1.807, 2.05) is 13.8 Å². The summed E-state index contributed by atoms with van der Waals surface area (Å²) in [5, 5.41) is 3.02. The van der Waals surface area contributed by atoms with E-state index in [-0.39, 0.29) is 23.3 Å². The van der Waals surface area contributed by atoms with Crippen LogP contribution < -0.4 is 5.32 Å². The van der Waals surface area contributed by atoms with Crippen molar-refractivity contribution in [3.63, 3.8) is 0 Å². The molecule has 1 N–H and O–H groups in total. The Morgan fingerprint density at radius 2 is 2.20 bits per heavy atom. The van der Waals surface area contributed by atoms with Crippen LogP contribution in [0.3, 0.4) is 0 Å². The molecular weight excluding hydrogens is 256 g/mol. The van der Waals surface area contributed by atoms with Crippen molar-refractivity contribution in [1.29, 1.82) is 0 Å². The van der Waals surface area contributed by atoms with Gasteiger partial charge >= 0.3 is 0 Å². The first kappa shape index (κ1) is 15.3. The minimum absolute atomic E-state index is 0.0389. The summed E-state index contributed by atoms with van der Waals surface area (Å²) in [6.07, 6.45) is 4.88. The lowest BCUT2D eigenvalue weighted by molar-refractivity contribution is -0.137. The third-order valence-electron chi connectivity index (χ3n) is 4.62. The van der Waals surface area contributed by atoms with Gasteiger partial charge in [0.1, 0.15) is 6.04 Å². The summed E-state index contributed by atoms with van der Waals surface area (Å²) >= 11 is 0. The predicted octanol–water partition coefficient (Wildman–Crippen LogP) is 1.32. The number of hydrogen-bond acceptors (Lipinski definition) is 3. The fourth-order valence-electron chi connectivity index (χ4n) is 3.01. The Kier molecular flexibility index (Phi) is 5.02. The molecular formula is C15H26N2O3. The van der Waals surface area contributed by atoms with E-state index in [9.17, 15) is 9.59 Å². The maximum atomic E-state index is 12.2. The Morgan fingerprint density at radius 3 is 2.70 bits per heavy atom. The number of likely N-dealkylation sites (tertiary alicyclic amines) is 1. The van der Waals surface area contributed by atoms with Crippen LogP contribution in [0.2, 0.25) is 0 Å². The highest BCUT2D eigenvalue weighted by molar-refractivity contribution is 5.88. The fraction of sp³-hybridized carbons (Fsp3) is 0.867. The predicted molar refractivity (Wildman–Crippen MR) is 76.2 cm³/mol. The van der Waals surface area contributed by atoms with Crippen molar-refractivity contribution in [2.45, 2.75) is 52.0 Å². The average molecular weight is 282 g/mol. The lowest BCUT2D eigenvalue weighted by Gasteiger charge is -2.42. The van der Waals surface area contributed by atoms with Crippen molar-refractivity contribution in [3.05, 3.63) is 0 Å². The zero-order valence-corrected chi connectivity index (χ0v) is 12.6. The molecule has 1 aliphatic heterocycles. The molecule has 0 spiro atoms. The molecule has 114 valence electrons. The highest BCUT2D eigenvalue weighted by Crippen LogP contribution is 2.40. The van der Waals surface area contributed by atoms with Crippen LogP contribution in [-0.2, 0) is 14.3 Å². The van der Waals surface area contributed by atoms with Gasteiger partial charge in [-0.2, -0.15) is 0 Å². The van der Waals surface area contributed by atoms with Gasteiger partial charge in [0.25, 0.3) is 0 Å². The van der Waals surface area contributed by atoms with E-state index < -0.39 is 0 Å². The monoisotopic (exact) mass is 282 g/mol. The number of carbonyl (C=O) groups excluding carboxylic acids is 2. The third-order valence-corrected chi connectivity index (χ3v) is 4.62. The number of amides is 2. The van der Waals surface area contributed by atoms with Crippen LogP contribution in [0.4, 0.5) is 0 Å². The summed E-state index contributed by atoms with van der Waals surface area (Å²) < 4.78 is 5.53. The molecule has 0 radical (unpaired) electrons. The maximum absolute atomic E-state index is 12.2. The standard InChI is InChI=1S/C15H26N2O3/c1-3-20-11-15(7-5-8-15)10-16-14(19)12(2)17-9-4-6-13(17)18/h12H,3-11H2,1-2H3,(H,16,19)/t12-/m1/s1. The summed E-state index contributed by atoms with van der Waals surface area (Å²) in [5.41, 5.74) is 0.125. The van der Waals surface area contributed by atoms with Gasteiger partial charge in [-0.15, -0.1) is 0 Å². The van der Waals surface area contributed by atoms with Crippen LogP contribution in [0.15, 0.2) is 0 Å². The van der Waals surface area contributed by atoms with Crippen molar-refractivity contribution in [3.8, 4) is 0 Å². The molecule has 2 fully saturated rings. The minimum atomic E-state index is -0.353. The van der Waals surface area contributed by atoms with Crippen LogP contribution in [0.25, 0.3) is 0 Å². The minimum Gasteiger partial charge on any atom is -0.381 e. The van der Waals surface area contributed by atoms with E-state index >= 15 is 0 Å². The van der Waals surface area contributed by atoms with E-state index in [0.29, 0.717) is 26.1 Å². The molecule has 1 saturated heterocycles. The number of rotatable bonds is 7. The summed E-state index contributed by atoms with van der Waals surface area (Å²) in [5.74, 6) is 0.0587. The molecule has 2 rings (SSSR count). The second-order valence-corrected chi connectivity index (χ2v) is 6.08. The van der Waals surface area contributed by atoms with Gasteiger partial charge in [0.05, 0.1) is 6.61 Å². The van der Waals surface area contributed by atoms with Gasteiger partial charge in [-0.25, -0.2) is 0 Å². The second kappa shape index (κ2) is 6.57. The molecule has 5 heteroatoms. The smallest absolute Gasteiger partial charge is 0.242 e. The summed E-state index contributed by atoms with van der Waals surface area (Å²) in [6.45, 7) is 6.62. The van der Waals surface area contributed by atoms with Crippen LogP contribution >= 0.6 is 0 Å². The first-order valence-electron chi connectivity index (χ1n) is 7.73. The van der Waals surface area contributed by atoms with E-state index in [1.165, 1.54) is 6.42 Å². The molecule has 1 heterocycles. The van der Waals surface area contributed by atoms with Crippen LogP contribution in [-0.4, -0.2) is 49.1 Å². The molecule has 0 unspecified atom stereocenters. The Morgan fingerprint density at radius 1 is 1.45 bits per heavy atom. The van der Waals surface area contributed by atoms with Gasteiger partial charge in [-0.1, -0.05) is 6.42 Å². The topological polar surface area (TPSA) is 58.6 Å². The van der Waals surface area contributed by atoms with Crippen molar-refractivity contribution in [2.75, 3.05) is 26.3 Å². The highest BCUT2D eigenvalue weighted by Gasteiger charge is 2.38. The van der Waals surface area contributed by atoms with E-state index in [1.54, 1.807) is 4.90 Å². The SMILES string of the molecule is CCOCC1(CNC(=O)[C@@H](C)N2CCCC2=O)CCC1. The summed E-state index contributed by atoms with van der Waals surface area (Å²) in [4.78, 5) is 25.5. The highest BCUT2D eigenvalue weighted by atomic mass is 16.5. The number of ether oxygens (including phenoxy) is 1. The van der Waals surface area contributed by atoms with Crippen LogP contribution in [0.1, 0.15) is 46.0 Å². The molecule has 0 aromatic heterocycles. The molecule has 1 atom stereocenters. The van der Waals surface area contributed by atoms with Crippen molar-refractivity contribution in [1.82, 2.24) is 10.2 Å². The third kappa shape index (κ3) is 3.32. The zero-order valence-electron chi connectivity index (χ0n) is 12.6. The van der Waals surface area contributed by atoms with Gasteiger partial charge in [0.15, 0.2) is 0 Å². The van der Waals surface area contributed by atoms with E-state index in [0.717, 1.165) is 25.9 Å². The van der Waals surface area contributed by atoms with Gasteiger partial charge < -0.3 is 15.0 Å². The summed E-state index contributed by atoms with van der Waals surface area (Å²) in [6, 6.07) is -0.353. The maximum Gasteiger partial charge on any atom is 0.242 e. The quantitative estimate of drug-likeness (QED) is 0.766. The Labute approximate surface area is 121 Å². The molecule has 0 bridgehead atoms. The molecule has 0 aromatic rings. The second-order valence-electron chi connectivity index (χ2n) is 6.08. The normalized spacial score (nSPS) is 22.5. The van der Waals surface area contributed by atoms with E-state index in [4.69, 9.17) is 4.74 Å². The van der Waals surface area contributed by atoms with Gasteiger partial charge in [-0.05, 0) is 33.1 Å². The number of nitrogens with zero attached hydrogens (tertiary/aromatic N) is 1. The molecule has 2 aliphatic rings. The first-order valence-corrected chi connectivity index (χ1v) is 7.73. The van der Waals surface area contributed by atoms with Gasteiger partial charge in [-0.3, -0.25) is 9.59 Å². The molecule has 0 aromatic carbocycles. The lowest BCUT2D eigenvalue weighted by atomic mass is 9.69. The number of carbonyl (C=O) groups is 2. The van der Waals surface area contributed by atoms with Crippen molar-refractivity contribution in [2.24, 2.45) is 5.41 Å². The number of hydrogen-bond donors (Lipinski definition) is 1. The van der Waals surface area contributed by atoms with Crippen LogP contribution in [0, 0.1) is 5.41 Å². The first-order chi connectivity index (χ1) is 9.58. The lowest BCUT2D eigenvalue weighted by Crippen LogP contribution is -2.51. The molecule has 2 amide bonds. The van der Waals surface area contributed by atoms with Gasteiger partial charge in [0.2, 0.25) is 11.8 Å². The van der Waals surface area contributed by atoms with Crippen molar-refractivity contribution < 1.29 is 14.3 Å². The largest absolute Gasteiger partial charge is 0.381 e. The summed E-state index contributed by atoms with van der Waals surface area (Å²) in [7, 11) is 0. The Balaban J connectivity index is 1.80. The Hall–Kier alpha value is -1.10. The molecule has 1 saturated carbocycles. The van der Waals surface area contributed by atoms with Crippen LogP contribution in [0.5, 0.6) is 0 Å². The van der Waals surface area contributed by atoms with Crippen molar-refractivity contribution >= 4 is 11.8 Å². The zero-order chi connectivity index (χ0) is 14.6. The molecule has 20 heavy (non-hydrogen) atoms. The number of nitrogens with one attached hydrogen (secondary N) is 1. The Bertz CT molecular complexity index is 366. The van der Waals surface area contributed by atoms with E-state index in [2.05, 4.69) is 5.32 Å². The molecule has 1 aliphatic carbocycles. The fourth-order valence-corrected chi connectivity index (χ4v) is 3.01. The molecule has 5 nitrogen and oxygen atoms in total. The van der Waals surface area contributed by atoms with Gasteiger partial charge in [0, 0.05) is 31.5 Å². The average Bonchev–Trinajstić information content (AvgIpc) is 2.82.